The summed E-state index contributed by atoms with van der Waals surface area (Å²) in [5.41, 5.74) is 0.135. The van der Waals surface area contributed by atoms with E-state index in [4.69, 9.17) is 4.74 Å². The van der Waals surface area contributed by atoms with Gasteiger partial charge in [-0.05, 0) is 43.5 Å². The molecule has 1 saturated heterocycles. The number of methoxy groups -OCH3 is 1. The second-order valence-electron chi connectivity index (χ2n) is 7.89. The van der Waals surface area contributed by atoms with Crippen LogP contribution >= 0.6 is 0 Å². The summed E-state index contributed by atoms with van der Waals surface area (Å²) in [6, 6.07) is 7.02. The highest BCUT2D eigenvalue weighted by atomic mass is 16.5. The van der Waals surface area contributed by atoms with E-state index in [1.807, 2.05) is 24.3 Å². The Balaban J connectivity index is 1.22. The zero-order chi connectivity index (χ0) is 21.8. The van der Waals surface area contributed by atoms with Gasteiger partial charge in [0.05, 0.1) is 13.7 Å². The average molecular weight is 426 g/mol. The van der Waals surface area contributed by atoms with Crippen molar-refractivity contribution < 1.29 is 19.1 Å². The third-order valence-corrected chi connectivity index (χ3v) is 5.82. The lowest BCUT2D eigenvalue weighted by Gasteiger charge is -2.19. The van der Waals surface area contributed by atoms with Crippen LogP contribution in [0.5, 0.6) is 5.75 Å². The Morgan fingerprint density at radius 2 is 1.97 bits per heavy atom. The van der Waals surface area contributed by atoms with E-state index in [1.54, 1.807) is 7.11 Å². The van der Waals surface area contributed by atoms with Crippen molar-refractivity contribution in [1.82, 2.24) is 30.7 Å². The molecule has 3 N–H and O–H groups in total. The first-order chi connectivity index (χ1) is 15.0. The second kappa shape index (κ2) is 8.75. The van der Waals surface area contributed by atoms with E-state index in [0.717, 1.165) is 24.2 Å². The molecule has 4 rings (SSSR count). The Labute approximate surface area is 179 Å². The summed E-state index contributed by atoms with van der Waals surface area (Å²) in [6.45, 7) is 0.456. The fourth-order valence-electron chi connectivity index (χ4n) is 4.11. The number of benzene rings is 1. The van der Waals surface area contributed by atoms with Gasteiger partial charge in [-0.25, -0.2) is 9.78 Å². The highest BCUT2D eigenvalue weighted by molar-refractivity contribution is 6.07. The summed E-state index contributed by atoms with van der Waals surface area (Å²) in [7, 11) is 1.60. The molecule has 1 spiro atoms. The predicted molar refractivity (Wildman–Crippen MR) is 111 cm³/mol. The summed E-state index contributed by atoms with van der Waals surface area (Å²) >= 11 is 0. The van der Waals surface area contributed by atoms with Gasteiger partial charge in [-0.15, -0.1) is 0 Å². The lowest BCUT2D eigenvalue weighted by atomic mass is 9.98. The third-order valence-electron chi connectivity index (χ3n) is 5.82. The van der Waals surface area contributed by atoms with Crippen molar-refractivity contribution in [2.45, 2.75) is 50.6 Å². The number of aromatic nitrogens is 3. The molecule has 1 saturated carbocycles. The molecule has 10 heteroatoms. The van der Waals surface area contributed by atoms with Crippen molar-refractivity contribution in [2.24, 2.45) is 0 Å². The zero-order valence-electron chi connectivity index (χ0n) is 17.4. The van der Waals surface area contributed by atoms with Crippen molar-refractivity contribution in [3.8, 4) is 17.1 Å². The number of hydrogen-bond acceptors (Lipinski definition) is 6. The Bertz CT molecular complexity index is 965. The second-order valence-corrected chi connectivity index (χ2v) is 7.89. The van der Waals surface area contributed by atoms with Gasteiger partial charge in [0, 0.05) is 18.5 Å². The van der Waals surface area contributed by atoms with Crippen LogP contribution in [0.25, 0.3) is 11.4 Å². The Kier molecular flexibility index (Phi) is 5.88. The number of nitrogens with one attached hydrogen (secondary N) is 3. The molecule has 1 aromatic carbocycles. The molecule has 4 amide bonds. The number of carbonyl (C=O) groups excluding carboxylic acids is 3. The minimum atomic E-state index is -0.701. The van der Waals surface area contributed by atoms with Crippen LogP contribution in [0.3, 0.4) is 0 Å². The fraction of sp³-hybridized carbons (Fsp3) is 0.476. The van der Waals surface area contributed by atoms with Gasteiger partial charge in [0.15, 0.2) is 5.82 Å². The maximum absolute atomic E-state index is 12.6. The van der Waals surface area contributed by atoms with Crippen LogP contribution in [0.4, 0.5) is 4.79 Å². The summed E-state index contributed by atoms with van der Waals surface area (Å²) in [6.07, 6.45) is 3.92. The van der Waals surface area contributed by atoms with Gasteiger partial charge in [0.1, 0.15) is 17.1 Å². The third kappa shape index (κ3) is 4.37. The number of H-pyrrole nitrogens is 1. The monoisotopic (exact) mass is 426 g/mol. The van der Waals surface area contributed by atoms with E-state index in [2.05, 4.69) is 25.8 Å². The Morgan fingerprint density at radius 3 is 2.68 bits per heavy atom. The number of nitrogens with zero attached hydrogens (tertiary/aromatic N) is 3. The number of ether oxygens (including phenoxy) is 1. The van der Waals surface area contributed by atoms with Crippen LogP contribution in [-0.2, 0) is 16.1 Å². The van der Waals surface area contributed by atoms with Gasteiger partial charge in [0.2, 0.25) is 5.91 Å². The van der Waals surface area contributed by atoms with Crippen molar-refractivity contribution in [3.05, 3.63) is 30.1 Å². The Morgan fingerprint density at radius 1 is 1.23 bits per heavy atom. The number of hydrogen-bond donors (Lipinski definition) is 3. The van der Waals surface area contributed by atoms with E-state index >= 15 is 0 Å². The number of urea groups is 1. The van der Waals surface area contributed by atoms with E-state index in [0.29, 0.717) is 30.9 Å². The van der Waals surface area contributed by atoms with E-state index in [1.165, 1.54) is 4.90 Å². The maximum atomic E-state index is 12.6. The van der Waals surface area contributed by atoms with Gasteiger partial charge in [-0.1, -0.05) is 12.8 Å². The van der Waals surface area contributed by atoms with E-state index in [-0.39, 0.29) is 37.4 Å². The van der Waals surface area contributed by atoms with Crippen LogP contribution in [-0.4, -0.2) is 57.1 Å². The standard InChI is InChI=1S/C21H26N6O4/c1-31-15-8-6-14(7-9-15)18-23-16(25-26-18)13-22-17(28)5-4-12-27-19(29)21(24-20(27)30)10-2-3-11-21/h6-9H,2-5,10-13H2,1H3,(H,22,28)(H,24,30)(H,23,25,26). The van der Waals surface area contributed by atoms with Crippen molar-refractivity contribution in [2.75, 3.05) is 13.7 Å². The summed E-state index contributed by atoms with van der Waals surface area (Å²) in [4.78, 5) is 42.5. The first kappa shape index (κ1) is 20.8. The molecule has 164 valence electrons. The molecule has 2 fully saturated rings. The number of rotatable bonds is 8. The quantitative estimate of drug-likeness (QED) is 0.552. The normalized spacial score (nSPS) is 17.3. The highest BCUT2D eigenvalue weighted by Gasteiger charge is 2.52. The lowest BCUT2D eigenvalue weighted by molar-refractivity contribution is -0.131. The van der Waals surface area contributed by atoms with Crippen LogP contribution in [0.2, 0.25) is 0 Å². The van der Waals surface area contributed by atoms with Gasteiger partial charge in [0.25, 0.3) is 5.91 Å². The zero-order valence-corrected chi connectivity index (χ0v) is 17.4. The molecular formula is C21H26N6O4. The summed E-state index contributed by atoms with van der Waals surface area (Å²) < 4.78 is 5.14. The minimum Gasteiger partial charge on any atom is -0.497 e. The molecule has 0 unspecified atom stereocenters. The molecule has 31 heavy (non-hydrogen) atoms. The van der Waals surface area contributed by atoms with Crippen molar-refractivity contribution in [1.29, 1.82) is 0 Å². The topological polar surface area (TPSA) is 129 Å². The molecule has 2 aliphatic rings. The number of imide groups is 1. The largest absolute Gasteiger partial charge is 0.497 e. The molecular weight excluding hydrogens is 400 g/mol. The van der Waals surface area contributed by atoms with E-state index in [9.17, 15) is 14.4 Å². The van der Waals surface area contributed by atoms with Crippen LogP contribution < -0.4 is 15.4 Å². The molecule has 1 aliphatic heterocycles. The van der Waals surface area contributed by atoms with Crippen LogP contribution in [0.1, 0.15) is 44.3 Å². The molecule has 2 heterocycles. The van der Waals surface area contributed by atoms with Gasteiger partial charge >= 0.3 is 6.03 Å². The highest BCUT2D eigenvalue weighted by Crippen LogP contribution is 2.35. The van der Waals surface area contributed by atoms with Crippen LogP contribution in [0.15, 0.2) is 24.3 Å². The van der Waals surface area contributed by atoms with Gasteiger partial charge in [-0.2, -0.15) is 5.10 Å². The first-order valence-corrected chi connectivity index (χ1v) is 10.5. The number of carbonyl (C=O) groups is 3. The van der Waals surface area contributed by atoms with Gasteiger partial charge < -0.3 is 15.4 Å². The summed E-state index contributed by atoms with van der Waals surface area (Å²) in [5, 5.41) is 12.6. The SMILES string of the molecule is COc1ccc(-c2n[nH]c(CNC(=O)CCCN3C(=O)NC4(CCCC4)C3=O)n2)cc1. The summed E-state index contributed by atoms with van der Waals surface area (Å²) in [5.74, 6) is 1.49. The maximum Gasteiger partial charge on any atom is 0.325 e. The first-order valence-electron chi connectivity index (χ1n) is 10.5. The molecule has 1 aromatic heterocycles. The van der Waals surface area contributed by atoms with Crippen LogP contribution in [0, 0.1) is 0 Å². The Hall–Kier alpha value is -3.43. The molecule has 1 aliphatic carbocycles. The number of amides is 4. The smallest absolute Gasteiger partial charge is 0.325 e. The lowest BCUT2D eigenvalue weighted by Crippen LogP contribution is -2.44. The molecule has 2 aromatic rings. The minimum absolute atomic E-state index is 0.150. The van der Waals surface area contributed by atoms with Gasteiger partial charge in [-0.3, -0.25) is 19.6 Å². The van der Waals surface area contributed by atoms with Crippen molar-refractivity contribution >= 4 is 17.8 Å². The molecule has 10 nitrogen and oxygen atoms in total. The number of aromatic amines is 1. The molecule has 0 bridgehead atoms. The predicted octanol–water partition coefficient (Wildman–Crippen LogP) is 1.74. The molecule has 0 radical (unpaired) electrons. The fourth-order valence-corrected chi connectivity index (χ4v) is 4.11. The molecule has 0 atom stereocenters. The average Bonchev–Trinajstić information content (AvgIpc) is 3.49. The van der Waals surface area contributed by atoms with E-state index < -0.39 is 5.54 Å². The van der Waals surface area contributed by atoms with Crippen molar-refractivity contribution in [3.63, 3.8) is 0 Å².